The highest BCUT2D eigenvalue weighted by atomic mass is 16.5. The van der Waals surface area contributed by atoms with Crippen molar-refractivity contribution in [3.8, 4) is 0 Å². The Labute approximate surface area is 156 Å². The second kappa shape index (κ2) is 9.25. The van der Waals surface area contributed by atoms with Crippen molar-refractivity contribution < 1.29 is 4.74 Å². The van der Waals surface area contributed by atoms with E-state index < -0.39 is 0 Å². The van der Waals surface area contributed by atoms with Crippen molar-refractivity contribution in [1.29, 1.82) is 0 Å². The number of morpholine rings is 1. The number of anilines is 1. The van der Waals surface area contributed by atoms with Gasteiger partial charge in [-0.2, -0.15) is 0 Å². The summed E-state index contributed by atoms with van der Waals surface area (Å²) in [6.07, 6.45) is 0. The second-order valence-corrected chi connectivity index (χ2v) is 6.47. The Morgan fingerprint density at radius 1 is 1.08 bits per heavy atom. The molecule has 138 valence electrons. The lowest BCUT2D eigenvalue weighted by molar-refractivity contribution is 0.122. The molecule has 2 aromatic carbocycles. The molecule has 0 saturated carbocycles. The van der Waals surface area contributed by atoms with E-state index in [1.165, 1.54) is 16.8 Å². The third-order valence-corrected chi connectivity index (χ3v) is 4.62. The van der Waals surface area contributed by atoms with E-state index in [4.69, 9.17) is 4.74 Å². The first-order valence-electron chi connectivity index (χ1n) is 9.14. The lowest BCUT2D eigenvalue weighted by atomic mass is 10.1. The van der Waals surface area contributed by atoms with Crippen LogP contribution in [0.5, 0.6) is 0 Å². The van der Waals surface area contributed by atoms with E-state index in [1.807, 2.05) is 13.1 Å². The first kappa shape index (κ1) is 18.3. The van der Waals surface area contributed by atoms with Crippen molar-refractivity contribution in [2.75, 3.05) is 45.3 Å². The summed E-state index contributed by atoms with van der Waals surface area (Å²) in [7, 11) is 3.90. The highest BCUT2D eigenvalue weighted by Crippen LogP contribution is 2.21. The number of benzene rings is 2. The lowest BCUT2D eigenvalue weighted by Gasteiger charge is -2.31. The monoisotopic (exact) mass is 352 g/mol. The molecule has 5 heteroatoms. The van der Waals surface area contributed by atoms with Crippen molar-refractivity contribution in [3.63, 3.8) is 0 Å². The summed E-state index contributed by atoms with van der Waals surface area (Å²) in [5.74, 6) is 0.894. The maximum Gasteiger partial charge on any atom is 0.193 e. The van der Waals surface area contributed by atoms with Gasteiger partial charge in [0.15, 0.2) is 5.96 Å². The molecule has 0 unspecified atom stereocenters. The van der Waals surface area contributed by atoms with Gasteiger partial charge in [0.2, 0.25) is 0 Å². The lowest BCUT2D eigenvalue weighted by Crippen LogP contribution is -2.39. The molecule has 0 atom stereocenters. The maximum absolute atomic E-state index is 5.48. The summed E-state index contributed by atoms with van der Waals surface area (Å²) in [6, 6.07) is 19.0. The number of hydrogen-bond donors (Lipinski definition) is 1. The summed E-state index contributed by atoms with van der Waals surface area (Å²) < 4.78 is 5.48. The minimum absolute atomic E-state index is 0.749. The molecule has 1 N–H and O–H groups in total. The molecule has 0 bridgehead atoms. The Balaban J connectivity index is 1.63. The quantitative estimate of drug-likeness (QED) is 0.663. The first-order valence-corrected chi connectivity index (χ1v) is 9.14. The van der Waals surface area contributed by atoms with E-state index >= 15 is 0 Å². The zero-order chi connectivity index (χ0) is 18.2. The highest BCUT2D eigenvalue weighted by molar-refractivity contribution is 5.79. The molecule has 0 spiro atoms. The first-order chi connectivity index (χ1) is 12.8. The van der Waals surface area contributed by atoms with Gasteiger partial charge in [-0.1, -0.05) is 48.5 Å². The molecule has 26 heavy (non-hydrogen) atoms. The summed E-state index contributed by atoms with van der Waals surface area (Å²) in [5, 5.41) is 3.50. The van der Waals surface area contributed by atoms with Crippen LogP contribution in [0.1, 0.15) is 11.1 Å². The van der Waals surface area contributed by atoms with Crippen LogP contribution in [0.25, 0.3) is 0 Å². The molecule has 0 radical (unpaired) electrons. The van der Waals surface area contributed by atoms with Crippen LogP contribution in [-0.2, 0) is 17.8 Å². The predicted octanol–water partition coefficient (Wildman–Crippen LogP) is 2.73. The molecule has 1 saturated heterocycles. The predicted molar refractivity (Wildman–Crippen MR) is 108 cm³/mol. The fraction of sp³-hybridized carbons (Fsp3) is 0.381. The van der Waals surface area contributed by atoms with Crippen LogP contribution in [0.2, 0.25) is 0 Å². The van der Waals surface area contributed by atoms with Crippen LogP contribution >= 0.6 is 0 Å². The fourth-order valence-corrected chi connectivity index (χ4v) is 3.26. The summed E-state index contributed by atoms with van der Waals surface area (Å²) in [4.78, 5) is 8.98. The Morgan fingerprint density at radius 3 is 2.50 bits per heavy atom. The molecule has 3 rings (SSSR count). The summed E-state index contributed by atoms with van der Waals surface area (Å²) >= 11 is 0. The van der Waals surface area contributed by atoms with Gasteiger partial charge in [0.1, 0.15) is 0 Å². The van der Waals surface area contributed by atoms with Gasteiger partial charge in [-0.05, 0) is 17.2 Å². The van der Waals surface area contributed by atoms with Gasteiger partial charge >= 0.3 is 0 Å². The minimum atomic E-state index is 0.749. The van der Waals surface area contributed by atoms with Gasteiger partial charge in [-0.25, -0.2) is 0 Å². The van der Waals surface area contributed by atoms with Gasteiger partial charge in [0, 0.05) is 46.0 Å². The zero-order valence-corrected chi connectivity index (χ0v) is 15.7. The van der Waals surface area contributed by atoms with Gasteiger partial charge in [-0.3, -0.25) is 4.99 Å². The van der Waals surface area contributed by atoms with Gasteiger partial charge in [0.05, 0.1) is 13.2 Å². The van der Waals surface area contributed by atoms with Crippen molar-refractivity contribution in [1.82, 2.24) is 10.2 Å². The Bertz CT molecular complexity index is 711. The van der Waals surface area contributed by atoms with E-state index in [2.05, 4.69) is 75.7 Å². The average molecular weight is 352 g/mol. The number of para-hydroxylation sites is 1. The third-order valence-electron chi connectivity index (χ3n) is 4.62. The zero-order valence-electron chi connectivity index (χ0n) is 15.7. The largest absolute Gasteiger partial charge is 0.378 e. The van der Waals surface area contributed by atoms with Crippen LogP contribution < -0.4 is 10.2 Å². The summed E-state index contributed by atoms with van der Waals surface area (Å²) in [6.45, 7) is 5.05. The van der Waals surface area contributed by atoms with Gasteiger partial charge in [-0.15, -0.1) is 0 Å². The molecular weight excluding hydrogens is 324 g/mol. The number of ether oxygens (including phenoxy) is 1. The van der Waals surface area contributed by atoms with Crippen LogP contribution in [0.15, 0.2) is 59.6 Å². The molecule has 0 aliphatic carbocycles. The van der Waals surface area contributed by atoms with Gasteiger partial charge in [0.25, 0.3) is 0 Å². The molecule has 1 aliphatic heterocycles. The topological polar surface area (TPSA) is 40.1 Å². The third kappa shape index (κ3) is 4.76. The van der Waals surface area contributed by atoms with Crippen molar-refractivity contribution in [3.05, 3.63) is 65.7 Å². The number of nitrogens with one attached hydrogen (secondary N) is 1. The van der Waals surface area contributed by atoms with Crippen LogP contribution in [-0.4, -0.2) is 51.3 Å². The Hall–Kier alpha value is -2.53. The number of guanidine groups is 1. The van der Waals surface area contributed by atoms with E-state index in [9.17, 15) is 0 Å². The van der Waals surface area contributed by atoms with Crippen molar-refractivity contribution in [2.24, 2.45) is 4.99 Å². The van der Waals surface area contributed by atoms with E-state index in [0.717, 1.165) is 45.4 Å². The normalized spacial score (nSPS) is 15.0. The fourth-order valence-electron chi connectivity index (χ4n) is 3.26. The summed E-state index contributed by atoms with van der Waals surface area (Å²) in [5.41, 5.74) is 3.83. The molecule has 1 fully saturated rings. The molecule has 1 heterocycles. The maximum atomic E-state index is 5.48. The van der Waals surface area contributed by atoms with E-state index in [1.54, 1.807) is 0 Å². The standard InChI is InChI=1S/C21H28N4O/c1-22-21(24(2)17-18-8-4-3-5-9-18)23-16-19-10-6-7-11-20(19)25-12-14-26-15-13-25/h3-11H,12-17H2,1-2H3,(H,22,23). The molecule has 5 nitrogen and oxygen atoms in total. The van der Waals surface area contributed by atoms with Crippen LogP contribution in [0.3, 0.4) is 0 Å². The number of rotatable bonds is 5. The van der Waals surface area contributed by atoms with Gasteiger partial charge < -0.3 is 19.9 Å². The van der Waals surface area contributed by atoms with Crippen LogP contribution in [0.4, 0.5) is 5.69 Å². The van der Waals surface area contributed by atoms with Crippen molar-refractivity contribution >= 4 is 11.6 Å². The minimum Gasteiger partial charge on any atom is -0.378 e. The SMILES string of the molecule is CN=C(NCc1ccccc1N1CCOCC1)N(C)Cc1ccccc1. The second-order valence-electron chi connectivity index (χ2n) is 6.47. The molecule has 2 aromatic rings. The Kier molecular flexibility index (Phi) is 6.50. The number of hydrogen-bond acceptors (Lipinski definition) is 3. The van der Waals surface area contributed by atoms with E-state index in [0.29, 0.717) is 0 Å². The average Bonchev–Trinajstić information content (AvgIpc) is 2.70. The van der Waals surface area contributed by atoms with Crippen LogP contribution in [0, 0.1) is 0 Å². The molecule has 0 aromatic heterocycles. The molecule has 1 aliphatic rings. The highest BCUT2D eigenvalue weighted by Gasteiger charge is 2.15. The number of nitrogens with zero attached hydrogens (tertiary/aromatic N) is 3. The molecular formula is C21H28N4O. The van der Waals surface area contributed by atoms with Crippen molar-refractivity contribution in [2.45, 2.75) is 13.1 Å². The smallest absolute Gasteiger partial charge is 0.193 e. The number of aliphatic imine (C=N–C) groups is 1. The van der Waals surface area contributed by atoms with E-state index in [-0.39, 0.29) is 0 Å². The molecule has 0 amide bonds. The Morgan fingerprint density at radius 2 is 1.77 bits per heavy atom.